The van der Waals surface area contributed by atoms with E-state index in [1.165, 1.54) is 0 Å². The molecular formula is C16H17BrFN5. The lowest BCUT2D eigenvalue weighted by Crippen LogP contribution is -2.05. The maximum atomic E-state index is 12.6. The van der Waals surface area contributed by atoms with Crippen LogP contribution in [-0.4, -0.2) is 31.6 Å². The van der Waals surface area contributed by atoms with Crippen LogP contribution in [0.5, 0.6) is 0 Å². The first-order valence-corrected chi connectivity index (χ1v) is 8.18. The van der Waals surface area contributed by atoms with Gasteiger partial charge in [-0.1, -0.05) is 15.9 Å². The number of rotatable bonds is 5. The highest BCUT2D eigenvalue weighted by molar-refractivity contribution is 9.10. The molecule has 3 aromatic rings. The third-order valence-electron chi connectivity index (χ3n) is 3.62. The second kappa shape index (κ2) is 6.62. The van der Waals surface area contributed by atoms with Crippen LogP contribution in [-0.2, 0) is 6.42 Å². The molecule has 0 aliphatic heterocycles. The van der Waals surface area contributed by atoms with Gasteiger partial charge < -0.3 is 0 Å². The zero-order valence-electron chi connectivity index (χ0n) is 13.0. The predicted octanol–water partition coefficient (Wildman–Crippen LogP) is 3.94. The standard InChI is InChI=1S/C16H17BrFN5/c1-10-8-12(9-11(2)15(10)17)23-14(4-3-6-18)20-16(22-23)13-5-7-19-21-13/h5,7-9H,3-4,6H2,1-2H3,(H,19,21). The van der Waals surface area contributed by atoms with Gasteiger partial charge in [0.2, 0.25) is 0 Å². The number of H-pyrrole nitrogens is 1. The Labute approximate surface area is 142 Å². The first-order valence-electron chi connectivity index (χ1n) is 7.39. The summed E-state index contributed by atoms with van der Waals surface area (Å²) >= 11 is 3.57. The van der Waals surface area contributed by atoms with Crippen molar-refractivity contribution in [1.82, 2.24) is 25.0 Å². The molecule has 7 heteroatoms. The van der Waals surface area contributed by atoms with Crippen molar-refractivity contribution >= 4 is 15.9 Å². The Balaban J connectivity index is 2.09. The average molecular weight is 378 g/mol. The number of nitrogens with one attached hydrogen (secondary N) is 1. The normalized spacial score (nSPS) is 11.1. The summed E-state index contributed by atoms with van der Waals surface area (Å²) < 4.78 is 15.5. The minimum Gasteiger partial charge on any atom is -0.275 e. The summed E-state index contributed by atoms with van der Waals surface area (Å²) in [5, 5.41) is 11.4. The van der Waals surface area contributed by atoms with Crippen molar-refractivity contribution in [3.63, 3.8) is 0 Å². The number of benzene rings is 1. The molecule has 3 rings (SSSR count). The number of nitrogens with zero attached hydrogens (tertiary/aromatic N) is 4. The SMILES string of the molecule is Cc1cc(-n2nc(-c3ccn[nH]3)nc2CCCF)cc(C)c1Br. The molecule has 1 N–H and O–H groups in total. The summed E-state index contributed by atoms with van der Waals surface area (Å²) in [6.07, 6.45) is 2.62. The van der Waals surface area contributed by atoms with E-state index in [2.05, 4.69) is 36.2 Å². The third kappa shape index (κ3) is 3.19. The first kappa shape index (κ1) is 15.9. The molecule has 120 valence electrons. The summed E-state index contributed by atoms with van der Waals surface area (Å²) in [5.41, 5.74) is 3.91. The fourth-order valence-electron chi connectivity index (χ4n) is 2.48. The van der Waals surface area contributed by atoms with Crippen LogP contribution < -0.4 is 0 Å². The van der Waals surface area contributed by atoms with Crippen LogP contribution >= 0.6 is 15.9 Å². The van der Waals surface area contributed by atoms with Crippen LogP contribution in [0, 0.1) is 13.8 Å². The number of alkyl halides is 1. The van der Waals surface area contributed by atoms with E-state index in [-0.39, 0.29) is 6.67 Å². The fraction of sp³-hybridized carbons (Fsp3) is 0.312. The molecule has 0 unspecified atom stereocenters. The molecule has 0 aliphatic rings. The zero-order chi connectivity index (χ0) is 16.4. The van der Waals surface area contributed by atoms with E-state index in [4.69, 9.17) is 0 Å². The summed E-state index contributed by atoms with van der Waals surface area (Å²) in [5.74, 6) is 1.31. The summed E-state index contributed by atoms with van der Waals surface area (Å²) in [6, 6.07) is 5.90. The van der Waals surface area contributed by atoms with Crippen LogP contribution in [0.15, 0.2) is 28.9 Å². The van der Waals surface area contributed by atoms with Crippen molar-refractivity contribution in [2.24, 2.45) is 0 Å². The Hall–Kier alpha value is -2.02. The second-order valence-corrected chi connectivity index (χ2v) is 6.21. The molecule has 2 aromatic heterocycles. The molecule has 0 bridgehead atoms. The van der Waals surface area contributed by atoms with Crippen molar-refractivity contribution in [1.29, 1.82) is 0 Å². The van der Waals surface area contributed by atoms with Crippen molar-refractivity contribution in [3.8, 4) is 17.2 Å². The van der Waals surface area contributed by atoms with Crippen LogP contribution in [0.25, 0.3) is 17.2 Å². The molecule has 2 heterocycles. The maximum absolute atomic E-state index is 12.6. The minimum atomic E-state index is -0.370. The molecule has 5 nitrogen and oxygen atoms in total. The maximum Gasteiger partial charge on any atom is 0.199 e. The molecule has 0 atom stereocenters. The monoisotopic (exact) mass is 377 g/mol. The van der Waals surface area contributed by atoms with Gasteiger partial charge in [-0.15, -0.1) is 5.10 Å². The zero-order valence-corrected chi connectivity index (χ0v) is 14.6. The van der Waals surface area contributed by atoms with E-state index in [1.54, 1.807) is 10.9 Å². The molecule has 0 spiro atoms. The molecule has 1 aromatic carbocycles. The molecule has 0 aliphatic carbocycles. The Bertz CT molecular complexity index is 787. The summed E-state index contributed by atoms with van der Waals surface area (Å²) in [7, 11) is 0. The Morgan fingerprint density at radius 3 is 2.61 bits per heavy atom. The fourth-order valence-corrected chi connectivity index (χ4v) is 2.71. The van der Waals surface area contributed by atoms with Crippen molar-refractivity contribution in [2.45, 2.75) is 26.7 Å². The van der Waals surface area contributed by atoms with Gasteiger partial charge in [-0.3, -0.25) is 9.49 Å². The smallest absolute Gasteiger partial charge is 0.199 e. The average Bonchev–Trinajstić information content (AvgIpc) is 3.19. The first-order chi connectivity index (χ1) is 11.1. The Morgan fingerprint density at radius 2 is 2.00 bits per heavy atom. The van der Waals surface area contributed by atoms with Gasteiger partial charge in [0.05, 0.1) is 12.4 Å². The van der Waals surface area contributed by atoms with Crippen LogP contribution in [0.3, 0.4) is 0 Å². The molecule has 0 amide bonds. The van der Waals surface area contributed by atoms with E-state index in [0.717, 1.165) is 32.8 Å². The summed E-state index contributed by atoms with van der Waals surface area (Å²) in [6.45, 7) is 3.70. The lowest BCUT2D eigenvalue weighted by atomic mass is 10.1. The number of aromatic amines is 1. The molecule has 0 fully saturated rings. The molecule has 0 radical (unpaired) electrons. The minimum absolute atomic E-state index is 0.370. The van der Waals surface area contributed by atoms with E-state index in [9.17, 15) is 4.39 Å². The van der Waals surface area contributed by atoms with E-state index in [1.807, 2.05) is 32.0 Å². The number of aryl methyl sites for hydroxylation is 3. The summed E-state index contributed by atoms with van der Waals surface area (Å²) in [4.78, 5) is 4.55. The number of hydrogen-bond donors (Lipinski definition) is 1. The molecule has 23 heavy (non-hydrogen) atoms. The van der Waals surface area contributed by atoms with Gasteiger partial charge in [-0.05, 0) is 49.6 Å². The van der Waals surface area contributed by atoms with E-state index in [0.29, 0.717) is 18.7 Å². The second-order valence-electron chi connectivity index (χ2n) is 5.42. The quantitative estimate of drug-likeness (QED) is 0.732. The highest BCUT2D eigenvalue weighted by atomic mass is 79.9. The highest BCUT2D eigenvalue weighted by Gasteiger charge is 2.15. The van der Waals surface area contributed by atoms with E-state index >= 15 is 0 Å². The lowest BCUT2D eigenvalue weighted by molar-refractivity contribution is 0.468. The van der Waals surface area contributed by atoms with Gasteiger partial charge in [0, 0.05) is 17.1 Å². The van der Waals surface area contributed by atoms with Gasteiger partial charge >= 0.3 is 0 Å². The lowest BCUT2D eigenvalue weighted by Gasteiger charge is -2.10. The van der Waals surface area contributed by atoms with Gasteiger partial charge in [0.15, 0.2) is 5.82 Å². The van der Waals surface area contributed by atoms with E-state index < -0.39 is 0 Å². The highest BCUT2D eigenvalue weighted by Crippen LogP contribution is 2.25. The molecular weight excluding hydrogens is 361 g/mol. The van der Waals surface area contributed by atoms with Crippen LogP contribution in [0.2, 0.25) is 0 Å². The third-order valence-corrected chi connectivity index (χ3v) is 4.87. The van der Waals surface area contributed by atoms with Gasteiger partial charge in [0.1, 0.15) is 11.5 Å². The van der Waals surface area contributed by atoms with Crippen LogP contribution in [0.1, 0.15) is 23.4 Å². The topological polar surface area (TPSA) is 59.4 Å². The van der Waals surface area contributed by atoms with Crippen LogP contribution in [0.4, 0.5) is 4.39 Å². The number of halogens is 2. The Morgan fingerprint density at radius 1 is 1.26 bits per heavy atom. The molecule has 0 saturated carbocycles. The Kier molecular flexibility index (Phi) is 4.56. The molecule has 0 saturated heterocycles. The van der Waals surface area contributed by atoms with Crippen molar-refractivity contribution in [2.75, 3.05) is 6.67 Å². The van der Waals surface area contributed by atoms with Crippen molar-refractivity contribution in [3.05, 3.63) is 45.8 Å². The largest absolute Gasteiger partial charge is 0.275 e. The number of hydrogen-bond acceptors (Lipinski definition) is 3. The van der Waals surface area contributed by atoms with Gasteiger partial charge in [0.25, 0.3) is 0 Å². The van der Waals surface area contributed by atoms with Gasteiger partial charge in [-0.2, -0.15) is 5.10 Å². The predicted molar refractivity (Wildman–Crippen MR) is 90.4 cm³/mol. The van der Waals surface area contributed by atoms with Crippen molar-refractivity contribution < 1.29 is 4.39 Å². The van der Waals surface area contributed by atoms with Gasteiger partial charge in [-0.25, -0.2) is 9.67 Å². The number of aromatic nitrogens is 5.